The lowest BCUT2D eigenvalue weighted by molar-refractivity contribution is 0.698. The van der Waals surface area contributed by atoms with Crippen LogP contribution in [0, 0.1) is 11.8 Å². The number of pyridine rings is 1. The fourth-order valence-corrected chi connectivity index (χ4v) is 4.10. The summed E-state index contributed by atoms with van der Waals surface area (Å²) in [5, 5.41) is 8.54. The van der Waals surface area contributed by atoms with Crippen LogP contribution >= 0.6 is 11.3 Å². The Morgan fingerprint density at radius 1 is 1.10 bits per heavy atom. The number of nitrogens with two attached hydrogens (primary N) is 1. The summed E-state index contributed by atoms with van der Waals surface area (Å²) in [6.07, 6.45) is 4.28. The molecular weight excluding hydrogens is 404 g/mol. The van der Waals surface area contributed by atoms with Crippen molar-refractivity contribution < 1.29 is 0 Å². The van der Waals surface area contributed by atoms with Gasteiger partial charge in [0.15, 0.2) is 5.82 Å². The first-order valence-corrected chi connectivity index (χ1v) is 11.0. The van der Waals surface area contributed by atoms with E-state index in [-0.39, 0.29) is 6.04 Å². The lowest BCUT2D eigenvalue weighted by Gasteiger charge is -2.14. The van der Waals surface area contributed by atoms with Crippen molar-refractivity contribution in [2.45, 2.75) is 12.5 Å². The zero-order valence-electron chi connectivity index (χ0n) is 17.3. The third-order valence-corrected chi connectivity index (χ3v) is 5.69. The molecule has 0 aliphatic heterocycles. The van der Waals surface area contributed by atoms with Gasteiger partial charge in [-0.2, -0.15) is 0 Å². The minimum Gasteiger partial charge on any atom is -0.367 e. The molecule has 0 fully saturated rings. The fraction of sp³-hybridized carbons (Fsp3) is 0.208. The quantitative estimate of drug-likeness (QED) is 0.392. The van der Waals surface area contributed by atoms with Crippen molar-refractivity contribution in [1.82, 2.24) is 20.3 Å². The molecule has 1 aromatic carbocycles. The van der Waals surface area contributed by atoms with E-state index in [1.807, 2.05) is 42.8 Å². The summed E-state index contributed by atoms with van der Waals surface area (Å²) in [6, 6.07) is 14.1. The minimum absolute atomic E-state index is 0.0355. The number of anilines is 1. The number of fused-ring (bicyclic) bond motifs is 1. The number of benzene rings is 1. The SMILES string of the molecule is CNCC#Cc1csc2c(NC[C@@H](N)Cc3ccccc3)nc(-c3ccncc3)nc12. The molecule has 0 amide bonds. The highest BCUT2D eigenvalue weighted by Gasteiger charge is 2.15. The number of nitrogens with one attached hydrogen (secondary N) is 2. The molecule has 0 saturated carbocycles. The minimum atomic E-state index is -0.0355. The summed E-state index contributed by atoms with van der Waals surface area (Å²) >= 11 is 1.59. The summed E-state index contributed by atoms with van der Waals surface area (Å²) in [7, 11) is 1.88. The Bertz CT molecular complexity index is 1190. The van der Waals surface area contributed by atoms with Gasteiger partial charge in [-0.25, -0.2) is 9.97 Å². The highest BCUT2D eigenvalue weighted by atomic mass is 32.1. The van der Waals surface area contributed by atoms with E-state index in [0.717, 1.165) is 33.6 Å². The van der Waals surface area contributed by atoms with E-state index in [2.05, 4.69) is 39.6 Å². The molecule has 4 aromatic rings. The Labute approximate surface area is 186 Å². The zero-order chi connectivity index (χ0) is 21.5. The third kappa shape index (κ3) is 5.25. The van der Waals surface area contributed by atoms with Gasteiger partial charge >= 0.3 is 0 Å². The van der Waals surface area contributed by atoms with Gasteiger partial charge in [0.2, 0.25) is 0 Å². The highest BCUT2D eigenvalue weighted by Crippen LogP contribution is 2.32. The van der Waals surface area contributed by atoms with E-state index in [0.29, 0.717) is 18.9 Å². The molecule has 156 valence electrons. The van der Waals surface area contributed by atoms with Crippen LogP contribution < -0.4 is 16.4 Å². The van der Waals surface area contributed by atoms with E-state index < -0.39 is 0 Å². The predicted octanol–water partition coefficient (Wildman–Crippen LogP) is 3.31. The van der Waals surface area contributed by atoms with Crippen molar-refractivity contribution in [3.8, 4) is 23.2 Å². The number of hydrogen-bond acceptors (Lipinski definition) is 7. The van der Waals surface area contributed by atoms with Gasteiger partial charge in [0.1, 0.15) is 11.3 Å². The van der Waals surface area contributed by atoms with E-state index in [1.54, 1.807) is 23.7 Å². The molecule has 1 atom stereocenters. The Morgan fingerprint density at radius 3 is 2.68 bits per heavy atom. The second-order valence-corrected chi connectivity index (χ2v) is 8.00. The van der Waals surface area contributed by atoms with Crippen LogP contribution in [0.3, 0.4) is 0 Å². The van der Waals surface area contributed by atoms with E-state index in [9.17, 15) is 0 Å². The summed E-state index contributed by atoms with van der Waals surface area (Å²) in [4.78, 5) is 13.7. The second kappa shape index (κ2) is 10.1. The van der Waals surface area contributed by atoms with Crippen molar-refractivity contribution in [1.29, 1.82) is 0 Å². The van der Waals surface area contributed by atoms with Gasteiger partial charge in [-0.15, -0.1) is 11.3 Å². The second-order valence-electron chi connectivity index (χ2n) is 7.12. The summed E-state index contributed by atoms with van der Waals surface area (Å²) in [5.74, 6) is 7.76. The van der Waals surface area contributed by atoms with Gasteiger partial charge in [-0.05, 0) is 31.2 Å². The number of thiophene rings is 1. The highest BCUT2D eigenvalue weighted by molar-refractivity contribution is 7.18. The van der Waals surface area contributed by atoms with Crippen LogP contribution in [0.2, 0.25) is 0 Å². The Morgan fingerprint density at radius 2 is 1.90 bits per heavy atom. The van der Waals surface area contributed by atoms with Crippen molar-refractivity contribution >= 4 is 27.4 Å². The smallest absolute Gasteiger partial charge is 0.162 e. The van der Waals surface area contributed by atoms with E-state index >= 15 is 0 Å². The number of rotatable bonds is 7. The van der Waals surface area contributed by atoms with Crippen LogP contribution in [0.15, 0.2) is 60.2 Å². The van der Waals surface area contributed by atoms with Crippen molar-refractivity contribution in [3.05, 3.63) is 71.4 Å². The third-order valence-electron chi connectivity index (χ3n) is 4.71. The molecule has 0 radical (unpaired) electrons. The largest absolute Gasteiger partial charge is 0.367 e. The molecule has 0 aliphatic rings. The van der Waals surface area contributed by atoms with Crippen molar-refractivity contribution in [2.75, 3.05) is 25.5 Å². The van der Waals surface area contributed by atoms with Crippen LogP contribution in [-0.2, 0) is 6.42 Å². The van der Waals surface area contributed by atoms with Crippen LogP contribution in [0.1, 0.15) is 11.1 Å². The molecule has 3 heterocycles. The standard InChI is InChI=1S/C24H24N6S/c1-26-11-5-8-19-16-31-22-21(19)29-23(18-9-12-27-13-10-18)30-24(22)28-15-20(25)14-17-6-3-2-4-7-17/h2-4,6-7,9-10,12-13,16,20,26H,11,14-15,25H2,1H3,(H,28,29,30)/t20-/m0/s1. The zero-order valence-corrected chi connectivity index (χ0v) is 18.1. The average molecular weight is 429 g/mol. The lowest BCUT2D eigenvalue weighted by Crippen LogP contribution is -2.31. The number of nitrogens with zero attached hydrogens (tertiary/aromatic N) is 3. The van der Waals surface area contributed by atoms with Gasteiger partial charge in [0, 0.05) is 35.9 Å². The molecule has 0 spiro atoms. The van der Waals surface area contributed by atoms with Gasteiger partial charge in [0.25, 0.3) is 0 Å². The van der Waals surface area contributed by atoms with Crippen LogP contribution in [0.4, 0.5) is 5.82 Å². The first-order valence-electron chi connectivity index (χ1n) is 10.1. The molecule has 3 aromatic heterocycles. The maximum Gasteiger partial charge on any atom is 0.162 e. The molecular formula is C24H24N6S. The Kier molecular flexibility index (Phi) is 6.85. The predicted molar refractivity (Wildman–Crippen MR) is 128 cm³/mol. The van der Waals surface area contributed by atoms with E-state index in [4.69, 9.17) is 15.7 Å². The van der Waals surface area contributed by atoms with Gasteiger partial charge < -0.3 is 16.4 Å². The maximum absolute atomic E-state index is 6.39. The molecule has 4 rings (SSSR count). The molecule has 4 N–H and O–H groups in total. The van der Waals surface area contributed by atoms with Crippen LogP contribution in [-0.4, -0.2) is 41.1 Å². The molecule has 0 aliphatic carbocycles. The molecule has 0 bridgehead atoms. The van der Waals surface area contributed by atoms with Gasteiger partial charge in [-0.3, -0.25) is 4.98 Å². The van der Waals surface area contributed by atoms with E-state index in [1.165, 1.54) is 5.56 Å². The van der Waals surface area contributed by atoms with Crippen molar-refractivity contribution in [2.24, 2.45) is 5.73 Å². The molecule has 0 saturated heterocycles. The Hall–Kier alpha value is -3.31. The van der Waals surface area contributed by atoms with Crippen LogP contribution in [0.5, 0.6) is 0 Å². The monoisotopic (exact) mass is 428 g/mol. The molecule has 0 unspecified atom stereocenters. The first-order chi connectivity index (χ1) is 15.2. The maximum atomic E-state index is 6.39. The Balaban J connectivity index is 1.64. The fourth-order valence-electron chi connectivity index (χ4n) is 3.20. The normalized spacial score (nSPS) is 11.7. The summed E-state index contributed by atoms with van der Waals surface area (Å²) in [6.45, 7) is 1.23. The molecule has 7 heteroatoms. The lowest BCUT2D eigenvalue weighted by atomic mass is 10.1. The number of aromatic nitrogens is 3. The summed E-state index contributed by atoms with van der Waals surface area (Å²) in [5.41, 5.74) is 10.3. The average Bonchev–Trinajstić information content (AvgIpc) is 3.22. The number of hydrogen-bond donors (Lipinski definition) is 3. The summed E-state index contributed by atoms with van der Waals surface area (Å²) < 4.78 is 0.985. The van der Waals surface area contributed by atoms with Gasteiger partial charge in [0.05, 0.1) is 16.8 Å². The topological polar surface area (TPSA) is 88.8 Å². The molecule has 31 heavy (non-hydrogen) atoms. The van der Waals surface area contributed by atoms with Crippen LogP contribution in [0.25, 0.3) is 21.6 Å². The molecule has 6 nitrogen and oxygen atoms in total. The van der Waals surface area contributed by atoms with Gasteiger partial charge in [-0.1, -0.05) is 42.2 Å². The first kappa shape index (κ1) is 20.9. The van der Waals surface area contributed by atoms with Crippen molar-refractivity contribution in [3.63, 3.8) is 0 Å².